The molecule has 0 aliphatic carbocycles. The van der Waals surface area contributed by atoms with E-state index in [1.807, 2.05) is 35.9 Å². The molecule has 0 radical (unpaired) electrons. The fraction of sp³-hybridized carbons (Fsp3) is 0.167. The van der Waals surface area contributed by atoms with Crippen molar-refractivity contribution in [2.24, 2.45) is 0 Å². The molecule has 0 atom stereocenters. The quantitative estimate of drug-likeness (QED) is 0.477. The van der Waals surface area contributed by atoms with Crippen LogP contribution in [-0.2, 0) is 11.3 Å². The monoisotopic (exact) mass is 387 g/mol. The number of thioether (sulfide) groups is 1. The number of ether oxygens (including phenoxy) is 2. The number of carbonyl (C=O) groups is 1. The molecule has 0 bridgehead atoms. The number of esters is 1. The molecule has 1 aromatic carbocycles. The molecule has 2 heterocycles. The van der Waals surface area contributed by atoms with Crippen molar-refractivity contribution in [2.45, 2.75) is 11.6 Å². The lowest BCUT2D eigenvalue weighted by molar-refractivity contribution is 0.0463. The third-order valence-electron chi connectivity index (χ3n) is 3.43. The number of hydrogen-bond donors (Lipinski definition) is 1. The normalized spacial score (nSPS) is 10.4. The van der Waals surface area contributed by atoms with Crippen molar-refractivity contribution in [3.8, 4) is 5.75 Å². The molecular weight excluding hydrogens is 370 g/mol. The minimum atomic E-state index is -0.403. The third-order valence-corrected chi connectivity index (χ3v) is 4.95. The molecule has 26 heavy (non-hydrogen) atoms. The molecule has 6 nitrogen and oxygen atoms in total. The van der Waals surface area contributed by atoms with E-state index in [4.69, 9.17) is 9.47 Å². The maximum Gasteiger partial charge on any atom is 0.341 e. The highest BCUT2D eigenvalue weighted by Gasteiger charge is 2.14. The smallest absolute Gasteiger partial charge is 0.341 e. The van der Waals surface area contributed by atoms with Crippen LogP contribution in [0.25, 0.3) is 0 Å². The first-order valence-corrected chi connectivity index (χ1v) is 9.81. The molecule has 1 N–H and O–H groups in total. The van der Waals surface area contributed by atoms with Gasteiger partial charge in [0.15, 0.2) is 5.13 Å². The Bertz CT molecular complexity index is 881. The van der Waals surface area contributed by atoms with E-state index in [0.29, 0.717) is 16.3 Å². The Morgan fingerprint density at radius 2 is 2.08 bits per heavy atom. The van der Waals surface area contributed by atoms with Crippen molar-refractivity contribution in [3.63, 3.8) is 0 Å². The zero-order valence-corrected chi connectivity index (χ0v) is 15.9. The summed E-state index contributed by atoms with van der Waals surface area (Å²) in [4.78, 5) is 20.8. The second-order valence-electron chi connectivity index (χ2n) is 5.13. The van der Waals surface area contributed by atoms with Crippen molar-refractivity contribution < 1.29 is 14.3 Å². The molecule has 3 aromatic rings. The van der Waals surface area contributed by atoms with Crippen LogP contribution in [0.5, 0.6) is 5.75 Å². The average molecular weight is 387 g/mol. The number of benzene rings is 1. The molecule has 134 valence electrons. The van der Waals surface area contributed by atoms with Gasteiger partial charge in [-0.25, -0.2) is 14.8 Å². The molecule has 0 saturated carbocycles. The molecule has 0 unspecified atom stereocenters. The van der Waals surface area contributed by atoms with E-state index >= 15 is 0 Å². The van der Waals surface area contributed by atoms with Crippen molar-refractivity contribution in [1.29, 1.82) is 0 Å². The van der Waals surface area contributed by atoms with E-state index in [1.165, 1.54) is 23.1 Å². The van der Waals surface area contributed by atoms with Gasteiger partial charge in [0, 0.05) is 17.3 Å². The van der Waals surface area contributed by atoms with Gasteiger partial charge in [-0.15, -0.1) is 23.1 Å². The van der Waals surface area contributed by atoms with Crippen LogP contribution in [0.3, 0.4) is 0 Å². The number of aromatic nitrogens is 2. The number of methoxy groups -OCH3 is 1. The standard InChI is InChI=1S/C18H17N3O3S2/c1-23-14-7-5-12(6-8-14)20-18-21-13(11-26-18)10-24-17(22)15-4-3-9-19-16(15)25-2/h3-9,11H,10H2,1-2H3,(H,20,21). The molecular formula is C18H17N3O3S2. The van der Waals surface area contributed by atoms with Gasteiger partial charge in [0.2, 0.25) is 0 Å². The number of hydrogen-bond acceptors (Lipinski definition) is 8. The van der Waals surface area contributed by atoms with Gasteiger partial charge < -0.3 is 14.8 Å². The number of pyridine rings is 1. The van der Waals surface area contributed by atoms with Gasteiger partial charge >= 0.3 is 5.97 Å². The lowest BCUT2D eigenvalue weighted by atomic mass is 10.3. The number of thiazole rings is 1. The highest BCUT2D eigenvalue weighted by molar-refractivity contribution is 7.98. The van der Waals surface area contributed by atoms with Gasteiger partial charge in [0.05, 0.1) is 18.4 Å². The van der Waals surface area contributed by atoms with E-state index in [-0.39, 0.29) is 6.61 Å². The van der Waals surface area contributed by atoms with Crippen molar-refractivity contribution in [1.82, 2.24) is 9.97 Å². The number of rotatable bonds is 7. The maximum absolute atomic E-state index is 12.2. The van der Waals surface area contributed by atoms with Crippen LogP contribution in [-0.4, -0.2) is 29.3 Å². The summed E-state index contributed by atoms with van der Waals surface area (Å²) in [5.74, 6) is 0.391. The first kappa shape index (κ1) is 18.2. The van der Waals surface area contributed by atoms with E-state index in [9.17, 15) is 4.79 Å². The molecule has 2 aromatic heterocycles. The Morgan fingerprint density at radius 3 is 2.81 bits per heavy atom. The molecule has 0 fully saturated rings. The number of anilines is 2. The van der Waals surface area contributed by atoms with E-state index in [0.717, 1.165) is 16.6 Å². The Morgan fingerprint density at radius 1 is 1.27 bits per heavy atom. The summed E-state index contributed by atoms with van der Waals surface area (Å²) >= 11 is 2.86. The molecule has 0 aliphatic rings. The van der Waals surface area contributed by atoms with Crippen molar-refractivity contribution in [3.05, 3.63) is 59.2 Å². The van der Waals surface area contributed by atoms with Gasteiger partial charge in [0.1, 0.15) is 17.4 Å². The highest BCUT2D eigenvalue weighted by atomic mass is 32.2. The topological polar surface area (TPSA) is 73.3 Å². The molecule has 3 rings (SSSR count). The number of nitrogens with one attached hydrogen (secondary N) is 1. The van der Waals surface area contributed by atoms with Crippen LogP contribution >= 0.6 is 23.1 Å². The zero-order valence-electron chi connectivity index (χ0n) is 14.3. The minimum Gasteiger partial charge on any atom is -0.497 e. The molecule has 0 spiro atoms. The van der Waals surface area contributed by atoms with Crippen LogP contribution in [0, 0.1) is 0 Å². The second-order valence-corrected chi connectivity index (χ2v) is 6.79. The Hall–Kier alpha value is -2.58. The molecule has 0 aliphatic heterocycles. The van der Waals surface area contributed by atoms with Gasteiger partial charge in [-0.3, -0.25) is 0 Å². The second kappa shape index (κ2) is 8.68. The zero-order chi connectivity index (χ0) is 18.4. The first-order chi connectivity index (χ1) is 12.7. The van der Waals surface area contributed by atoms with E-state index < -0.39 is 5.97 Å². The predicted octanol–water partition coefficient (Wildman–Crippen LogP) is 4.37. The van der Waals surface area contributed by atoms with Crippen LogP contribution in [0.2, 0.25) is 0 Å². The van der Waals surface area contributed by atoms with Gasteiger partial charge in [0.25, 0.3) is 0 Å². The fourth-order valence-corrected chi connectivity index (χ4v) is 3.41. The predicted molar refractivity (Wildman–Crippen MR) is 104 cm³/mol. The van der Waals surface area contributed by atoms with Crippen LogP contribution in [0.4, 0.5) is 10.8 Å². The van der Waals surface area contributed by atoms with Gasteiger partial charge in [-0.05, 0) is 42.7 Å². The summed E-state index contributed by atoms with van der Waals surface area (Å²) in [6.45, 7) is 0.113. The fourth-order valence-electron chi connectivity index (χ4n) is 2.15. The molecule has 8 heteroatoms. The summed E-state index contributed by atoms with van der Waals surface area (Å²) in [6.07, 6.45) is 3.52. The SMILES string of the molecule is COc1ccc(Nc2nc(COC(=O)c3cccnc3SC)cs2)cc1. The summed E-state index contributed by atoms with van der Waals surface area (Å²) in [7, 11) is 1.63. The molecule has 0 saturated heterocycles. The van der Waals surface area contributed by atoms with Crippen LogP contribution in [0.1, 0.15) is 16.1 Å². The highest BCUT2D eigenvalue weighted by Crippen LogP contribution is 2.24. The van der Waals surface area contributed by atoms with Crippen LogP contribution in [0.15, 0.2) is 53.0 Å². The molecule has 0 amide bonds. The van der Waals surface area contributed by atoms with Crippen molar-refractivity contribution >= 4 is 39.9 Å². The van der Waals surface area contributed by atoms with E-state index in [2.05, 4.69) is 15.3 Å². The maximum atomic E-state index is 12.2. The van der Waals surface area contributed by atoms with Crippen LogP contribution < -0.4 is 10.1 Å². The van der Waals surface area contributed by atoms with Crippen molar-refractivity contribution in [2.75, 3.05) is 18.7 Å². The Kier molecular flexibility index (Phi) is 6.08. The van der Waals surface area contributed by atoms with E-state index in [1.54, 1.807) is 25.4 Å². The number of nitrogens with zero attached hydrogens (tertiary/aromatic N) is 2. The first-order valence-electron chi connectivity index (χ1n) is 7.71. The van der Waals surface area contributed by atoms with Gasteiger partial charge in [-0.2, -0.15) is 0 Å². The summed E-state index contributed by atoms with van der Waals surface area (Å²) in [5, 5.41) is 6.45. The summed E-state index contributed by atoms with van der Waals surface area (Å²) in [6, 6.07) is 11.0. The summed E-state index contributed by atoms with van der Waals surface area (Å²) in [5.41, 5.74) is 2.06. The Labute approximate surface area is 159 Å². The largest absolute Gasteiger partial charge is 0.497 e. The summed E-state index contributed by atoms with van der Waals surface area (Å²) < 4.78 is 10.5. The average Bonchev–Trinajstić information content (AvgIpc) is 3.14. The third kappa shape index (κ3) is 4.53. The number of carbonyl (C=O) groups excluding carboxylic acids is 1. The minimum absolute atomic E-state index is 0.113. The van der Waals surface area contributed by atoms with Gasteiger partial charge in [-0.1, -0.05) is 0 Å². The lowest BCUT2D eigenvalue weighted by Crippen LogP contribution is -2.07. The lowest BCUT2D eigenvalue weighted by Gasteiger charge is -2.06. The Balaban J connectivity index is 1.58.